The molecule has 0 spiro atoms. The summed E-state index contributed by atoms with van der Waals surface area (Å²) >= 11 is 0. The first-order valence-corrected chi connectivity index (χ1v) is 9.31. The number of hydrogen-bond acceptors (Lipinski definition) is 3. The van der Waals surface area contributed by atoms with Gasteiger partial charge in [0.2, 0.25) is 0 Å². The van der Waals surface area contributed by atoms with Gasteiger partial charge in [-0.3, -0.25) is 4.98 Å². The molecule has 3 rings (SSSR count). The number of nitrogens with zero attached hydrogens (tertiary/aromatic N) is 4. The van der Waals surface area contributed by atoms with Crippen molar-refractivity contribution in [2.45, 2.75) is 33.9 Å². The molecule has 0 unspecified atom stereocenters. The highest BCUT2D eigenvalue weighted by atomic mass is 19.1. The molecule has 3 aromatic rings. The molecular formula is C21H25FN6. The summed E-state index contributed by atoms with van der Waals surface area (Å²) in [5.74, 6) is 0.274. The van der Waals surface area contributed by atoms with E-state index in [1.54, 1.807) is 12.3 Å². The monoisotopic (exact) mass is 380 g/mol. The van der Waals surface area contributed by atoms with Crippen molar-refractivity contribution in [3.63, 3.8) is 0 Å². The number of aromatic nitrogens is 3. The molecule has 2 N–H and O–H groups in total. The third-order valence-electron chi connectivity index (χ3n) is 4.24. The van der Waals surface area contributed by atoms with Gasteiger partial charge in [-0.05, 0) is 50.6 Å². The summed E-state index contributed by atoms with van der Waals surface area (Å²) in [4.78, 5) is 8.72. The lowest BCUT2D eigenvalue weighted by molar-refractivity contribution is 0.592. The van der Waals surface area contributed by atoms with Crippen molar-refractivity contribution < 1.29 is 4.39 Å². The maximum Gasteiger partial charge on any atom is 0.191 e. The number of benzene rings is 1. The Balaban J connectivity index is 1.78. The zero-order valence-electron chi connectivity index (χ0n) is 16.4. The highest BCUT2D eigenvalue weighted by Gasteiger charge is 2.09. The van der Waals surface area contributed by atoms with Gasteiger partial charge in [-0.1, -0.05) is 18.2 Å². The van der Waals surface area contributed by atoms with Gasteiger partial charge in [-0.15, -0.1) is 0 Å². The topological polar surface area (TPSA) is 67.1 Å². The van der Waals surface area contributed by atoms with Gasteiger partial charge in [0.25, 0.3) is 0 Å². The number of halogens is 1. The van der Waals surface area contributed by atoms with E-state index in [1.165, 1.54) is 6.07 Å². The van der Waals surface area contributed by atoms with Gasteiger partial charge in [0, 0.05) is 18.4 Å². The molecule has 1 aromatic carbocycles. The van der Waals surface area contributed by atoms with Crippen LogP contribution in [0.25, 0.3) is 5.69 Å². The molecule has 28 heavy (non-hydrogen) atoms. The molecule has 0 bridgehead atoms. The van der Waals surface area contributed by atoms with Crippen molar-refractivity contribution in [2.24, 2.45) is 4.99 Å². The third-order valence-corrected chi connectivity index (χ3v) is 4.24. The minimum Gasteiger partial charge on any atom is -0.357 e. The summed E-state index contributed by atoms with van der Waals surface area (Å²) in [5.41, 5.74) is 4.46. The predicted molar refractivity (Wildman–Crippen MR) is 109 cm³/mol. The molecule has 6 nitrogen and oxygen atoms in total. The van der Waals surface area contributed by atoms with Gasteiger partial charge < -0.3 is 10.6 Å². The molecule has 2 heterocycles. The largest absolute Gasteiger partial charge is 0.357 e. The number of hydrogen-bond donors (Lipinski definition) is 2. The molecule has 2 aromatic heterocycles. The summed E-state index contributed by atoms with van der Waals surface area (Å²) in [6.45, 7) is 7.44. The minimum atomic E-state index is -0.333. The Morgan fingerprint density at radius 1 is 1.14 bits per heavy atom. The van der Waals surface area contributed by atoms with E-state index in [-0.39, 0.29) is 12.4 Å². The van der Waals surface area contributed by atoms with Gasteiger partial charge in [0.05, 0.1) is 30.2 Å². The van der Waals surface area contributed by atoms with Crippen LogP contribution in [0.4, 0.5) is 4.39 Å². The Labute approximate surface area is 164 Å². The maximum absolute atomic E-state index is 13.8. The third kappa shape index (κ3) is 4.73. The van der Waals surface area contributed by atoms with E-state index in [1.807, 2.05) is 55.8 Å². The van der Waals surface area contributed by atoms with E-state index in [4.69, 9.17) is 0 Å². The minimum absolute atomic E-state index is 0.262. The average molecular weight is 380 g/mol. The standard InChI is InChI=1S/C21H25FN6/c1-4-23-21(26-14-19-18(22)9-7-11-24-19)25-13-17-8-5-6-10-20(17)28-16(3)12-15(2)27-28/h5-12H,4,13-14H2,1-3H3,(H2,23,25,26). The lowest BCUT2D eigenvalue weighted by Crippen LogP contribution is -2.37. The number of guanidine groups is 1. The lowest BCUT2D eigenvalue weighted by atomic mass is 10.2. The zero-order valence-corrected chi connectivity index (χ0v) is 16.4. The van der Waals surface area contributed by atoms with Crippen LogP contribution < -0.4 is 10.6 Å². The second-order valence-corrected chi connectivity index (χ2v) is 6.45. The highest BCUT2D eigenvalue weighted by molar-refractivity contribution is 5.79. The van der Waals surface area contributed by atoms with Crippen LogP contribution in [0, 0.1) is 19.7 Å². The van der Waals surface area contributed by atoms with Gasteiger partial charge >= 0.3 is 0 Å². The van der Waals surface area contributed by atoms with Gasteiger partial charge in [-0.2, -0.15) is 5.10 Å². The van der Waals surface area contributed by atoms with Gasteiger partial charge in [0.15, 0.2) is 5.96 Å². The van der Waals surface area contributed by atoms with Crippen LogP contribution in [0.2, 0.25) is 0 Å². The first kappa shape index (κ1) is 19.5. The van der Waals surface area contributed by atoms with E-state index >= 15 is 0 Å². The molecule has 0 saturated heterocycles. The van der Waals surface area contributed by atoms with Gasteiger partial charge in [-0.25, -0.2) is 14.1 Å². The van der Waals surface area contributed by atoms with E-state index < -0.39 is 0 Å². The van der Waals surface area contributed by atoms with E-state index in [0.29, 0.717) is 24.7 Å². The molecule has 7 heteroatoms. The van der Waals surface area contributed by atoms with E-state index in [2.05, 4.69) is 25.7 Å². The van der Waals surface area contributed by atoms with Crippen LogP contribution in [0.15, 0.2) is 53.7 Å². The number of aliphatic imine (C=N–C) groups is 1. The molecule has 0 fully saturated rings. The lowest BCUT2D eigenvalue weighted by Gasteiger charge is -2.13. The molecule has 0 aliphatic heterocycles. The Morgan fingerprint density at radius 2 is 1.96 bits per heavy atom. The Morgan fingerprint density at radius 3 is 2.68 bits per heavy atom. The summed E-state index contributed by atoms with van der Waals surface area (Å²) in [6, 6.07) is 13.1. The fourth-order valence-corrected chi connectivity index (χ4v) is 2.95. The quantitative estimate of drug-likeness (QED) is 0.509. The number of rotatable bonds is 6. The van der Waals surface area contributed by atoms with E-state index in [9.17, 15) is 4.39 Å². The van der Waals surface area contributed by atoms with Crippen molar-refractivity contribution in [1.82, 2.24) is 25.4 Å². The molecule has 0 aliphatic carbocycles. The number of para-hydroxylation sites is 1. The summed E-state index contributed by atoms with van der Waals surface area (Å²) in [7, 11) is 0. The molecule has 0 saturated carbocycles. The molecule has 0 radical (unpaired) electrons. The fraction of sp³-hybridized carbons (Fsp3) is 0.286. The van der Waals surface area contributed by atoms with Crippen LogP contribution in [-0.4, -0.2) is 27.3 Å². The summed E-state index contributed by atoms with van der Waals surface area (Å²) in [5, 5.41) is 10.9. The van der Waals surface area contributed by atoms with Crippen molar-refractivity contribution in [2.75, 3.05) is 6.54 Å². The molecule has 0 atom stereocenters. The number of nitrogens with one attached hydrogen (secondary N) is 2. The predicted octanol–water partition coefficient (Wildman–Crippen LogP) is 3.28. The Hall–Kier alpha value is -3.22. The maximum atomic E-state index is 13.8. The number of pyridine rings is 1. The zero-order chi connectivity index (χ0) is 19.9. The van der Waals surface area contributed by atoms with Crippen LogP contribution in [0.1, 0.15) is 29.6 Å². The normalized spacial score (nSPS) is 11.5. The summed E-state index contributed by atoms with van der Waals surface area (Å²) in [6.07, 6.45) is 1.58. The van der Waals surface area contributed by atoms with Crippen molar-refractivity contribution in [3.8, 4) is 5.69 Å². The van der Waals surface area contributed by atoms with Crippen molar-refractivity contribution in [1.29, 1.82) is 0 Å². The van der Waals surface area contributed by atoms with Crippen LogP contribution in [0.5, 0.6) is 0 Å². The number of aryl methyl sites for hydroxylation is 2. The molecule has 146 valence electrons. The SMILES string of the molecule is CCNC(=NCc1ccccc1-n1nc(C)cc1C)NCc1ncccc1F. The highest BCUT2D eigenvalue weighted by Crippen LogP contribution is 2.17. The Kier molecular flexibility index (Phi) is 6.37. The molecule has 0 amide bonds. The average Bonchev–Trinajstić information content (AvgIpc) is 3.03. The smallest absolute Gasteiger partial charge is 0.191 e. The first-order chi connectivity index (χ1) is 13.6. The van der Waals surface area contributed by atoms with Crippen LogP contribution in [0.3, 0.4) is 0 Å². The van der Waals surface area contributed by atoms with Gasteiger partial charge in [0.1, 0.15) is 5.82 Å². The van der Waals surface area contributed by atoms with E-state index in [0.717, 1.165) is 22.6 Å². The first-order valence-electron chi connectivity index (χ1n) is 9.31. The second-order valence-electron chi connectivity index (χ2n) is 6.45. The second kappa shape index (κ2) is 9.12. The molecule has 0 aliphatic rings. The molecular weight excluding hydrogens is 355 g/mol. The fourth-order valence-electron chi connectivity index (χ4n) is 2.95. The summed E-state index contributed by atoms with van der Waals surface area (Å²) < 4.78 is 15.7. The van der Waals surface area contributed by atoms with Crippen molar-refractivity contribution in [3.05, 3.63) is 77.1 Å². The van der Waals surface area contributed by atoms with Crippen molar-refractivity contribution >= 4 is 5.96 Å². The Bertz CT molecular complexity index is 963. The van der Waals surface area contributed by atoms with Crippen LogP contribution in [-0.2, 0) is 13.1 Å². The van der Waals surface area contributed by atoms with Crippen LogP contribution >= 0.6 is 0 Å².